The molecule has 31 heavy (non-hydrogen) atoms. The highest BCUT2D eigenvalue weighted by Gasteiger charge is 2.19. The molecule has 2 heterocycles. The van der Waals surface area contributed by atoms with Crippen LogP contribution in [0.2, 0.25) is 0 Å². The topological polar surface area (TPSA) is 87.2 Å². The van der Waals surface area contributed by atoms with E-state index in [2.05, 4.69) is 17.0 Å². The number of carbonyl (C=O) groups is 1. The van der Waals surface area contributed by atoms with Gasteiger partial charge in [-0.1, -0.05) is 56.2 Å². The molecule has 0 spiro atoms. The van der Waals surface area contributed by atoms with Gasteiger partial charge in [-0.25, -0.2) is 14.5 Å². The Morgan fingerprint density at radius 3 is 2.55 bits per heavy atom. The van der Waals surface area contributed by atoms with Gasteiger partial charge in [-0.3, -0.25) is 4.79 Å². The Balaban J connectivity index is 1.55. The monoisotopic (exact) mass is 417 g/mol. The van der Waals surface area contributed by atoms with Gasteiger partial charge in [0.05, 0.1) is 5.39 Å². The van der Waals surface area contributed by atoms with Crippen LogP contribution in [0.15, 0.2) is 70.1 Å². The lowest BCUT2D eigenvalue weighted by Gasteiger charge is -2.10. The average molecular weight is 417 g/mol. The van der Waals surface area contributed by atoms with Crippen molar-refractivity contribution >= 4 is 16.7 Å². The third-order valence-electron chi connectivity index (χ3n) is 4.96. The Morgan fingerprint density at radius 1 is 1.03 bits per heavy atom. The number of nitrogens with zero attached hydrogens (tertiary/aromatic N) is 3. The Bertz CT molecular complexity index is 1240. The van der Waals surface area contributed by atoms with Crippen LogP contribution in [0.1, 0.15) is 42.4 Å². The number of hydrogen-bond acceptors (Lipinski definition) is 6. The fraction of sp³-hybridized carbons (Fsp3) is 0.250. The Morgan fingerprint density at radius 2 is 1.77 bits per heavy atom. The van der Waals surface area contributed by atoms with Gasteiger partial charge < -0.3 is 9.15 Å². The van der Waals surface area contributed by atoms with E-state index in [1.165, 1.54) is 10.9 Å². The summed E-state index contributed by atoms with van der Waals surface area (Å²) in [6.45, 7) is 2.49. The first kappa shape index (κ1) is 20.5. The molecular weight excluding hydrogens is 394 g/mol. The fourth-order valence-corrected chi connectivity index (χ4v) is 3.34. The molecule has 0 saturated heterocycles. The van der Waals surface area contributed by atoms with Crippen molar-refractivity contribution in [3.05, 3.63) is 82.6 Å². The number of ether oxygens (including phenoxy) is 1. The summed E-state index contributed by atoms with van der Waals surface area (Å²) in [6, 6.07) is 16.4. The molecule has 7 heteroatoms. The van der Waals surface area contributed by atoms with Crippen molar-refractivity contribution in [1.82, 2.24) is 14.8 Å². The van der Waals surface area contributed by atoms with Crippen LogP contribution >= 0.6 is 0 Å². The number of aromatic nitrogens is 3. The van der Waals surface area contributed by atoms with Crippen LogP contribution in [0.5, 0.6) is 0 Å². The fourth-order valence-electron chi connectivity index (χ4n) is 3.34. The lowest BCUT2D eigenvalue weighted by Crippen LogP contribution is -2.26. The molecule has 0 fully saturated rings. The van der Waals surface area contributed by atoms with E-state index in [1.54, 1.807) is 24.3 Å². The molecule has 0 atom stereocenters. The van der Waals surface area contributed by atoms with Crippen molar-refractivity contribution in [3.8, 4) is 11.5 Å². The minimum Gasteiger partial charge on any atom is -0.454 e. The van der Waals surface area contributed by atoms with Gasteiger partial charge in [-0.05, 0) is 24.6 Å². The Hall–Kier alpha value is -3.74. The number of oxazole rings is 1. The number of aryl methyl sites for hydroxylation is 1. The van der Waals surface area contributed by atoms with Crippen LogP contribution in [0.3, 0.4) is 0 Å². The van der Waals surface area contributed by atoms with Gasteiger partial charge in [-0.2, -0.15) is 5.10 Å². The molecular formula is C24H23N3O4. The maximum absolute atomic E-state index is 12.8. The smallest absolute Gasteiger partial charge is 0.359 e. The van der Waals surface area contributed by atoms with Crippen LogP contribution in [0.25, 0.3) is 22.2 Å². The second-order valence-electron chi connectivity index (χ2n) is 7.22. The maximum atomic E-state index is 12.8. The van der Waals surface area contributed by atoms with Gasteiger partial charge in [0, 0.05) is 17.5 Å². The van der Waals surface area contributed by atoms with E-state index in [0.717, 1.165) is 24.8 Å². The molecule has 0 N–H and O–H groups in total. The highest BCUT2D eigenvalue weighted by molar-refractivity contribution is 6.02. The van der Waals surface area contributed by atoms with Gasteiger partial charge in [0.15, 0.2) is 5.69 Å². The lowest BCUT2D eigenvalue weighted by atomic mass is 10.1. The molecule has 4 aromatic rings. The Labute approximate surface area is 179 Å². The van der Waals surface area contributed by atoms with E-state index in [-0.39, 0.29) is 17.9 Å². The van der Waals surface area contributed by atoms with Crippen molar-refractivity contribution in [2.75, 3.05) is 0 Å². The van der Waals surface area contributed by atoms with Crippen LogP contribution in [0, 0.1) is 0 Å². The molecule has 0 aliphatic rings. The molecule has 0 amide bonds. The number of unbranched alkanes of at least 4 members (excludes halogenated alkanes) is 2. The Kier molecular flexibility index (Phi) is 6.21. The summed E-state index contributed by atoms with van der Waals surface area (Å²) < 4.78 is 12.3. The van der Waals surface area contributed by atoms with Crippen molar-refractivity contribution in [1.29, 1.82) is 0 Å². The van der Waals surface area contributed by atoms with Crippen LogP contribution in [-0.2, 0) is 17.9 Å². The molecule has 0 unspecified atom stereocenters. The first-order valence-corrected chi connectivity index (χ1v) is 10.3. The predicted octanol–water partition coefficient (Wildman–Crippen LogP) is 4.60. The third kappa shape index (κ3) is 4.55. The van der Waals surface area contributed by atoms with Crippen LogP contribution < -0.4 is 5.56 Å². The molecule has 0 radical (unpaired) electrons. The number of hydrogen-bond donors (Lipinski definition) is 0. The zero-order chi connectivity index (χ0) is 21.6. The van der Waals surface area contributed by atoms with Crippen LogP contribution in [-0.4, -0.2) is 20.7 Å². The summed E-state index contributed by atoms with van der Waals surface area (Å²) in [5, 5.41) is 5.26. The third-order valence-corrected chi connectivity index (χ3v) is 4.96. The predicted molar refractivity (Wildman–Crippen MR) is 117 cm³/mol. The number of fused-ring (bicyclic) bond motifs is 1. The van der Waals surface area contributed by atoms with Gasteiger partial charge in [0.2, 0.25) is 5.89 Å². The molecule has 158 valence electrons. The number of carbonyl (C=O) groups excluding carboxylic acids is 1. The highest BCUT2D eigenvalue weighted by atomic mass is 16.5. The summed E-state index contributed by atoms with van der Waals surface area (Å²) in [6.07, 6.45) is 4.29. The summed E-state index contributed by atoms with van der Waals surface area (Å²) in [5.41, 5.74) is 1.26. The standard InChI is InChI=1S/C24H23N3O4/c1-2-3-9-14-27-23(28)20-13-8-7-12-19(20)21(26-27)24(29)31-16-18-15-30-22(25-18)17-10-5-4-6-11-17/h4-8,10-13,15H,2-3,9,14,16H2,1H3. The van der Waals surface area contributed by atoms with E-state index in [9.17, 15) is 9.59 Å². The number of esters is 1. The highest BCUT2D eigenvalue weighted by Crippen LogP contribution is 2.19. The van der Waals surface area contributed by atoms with Gasteiger partial charge in [0.25, 0.3) is 5.56 Å². The van der Waals surface area contributed by atoms with Crippen LogP contribution in [0.4, 0.5) is 0 Å². The maximum Gasteiger partial charge on any atom is 0.359 e. The summed E-state index contributed by atoms with van der Waals surface area (Å²) >= 11 is 0. The molecule has 2 aromatic carbocycles. The van der Waals surface area contributed by atoms with Crippen molar-refractivity contribution < 1.29 is 13.9 Å². The molecule has 7 nitrogen and oxygen atoms in total. The summed E-state index contributed by atoms with van der Waals surface area (Å²) in [4.78, 5) is 30.0. The van der Waals surface area contributed by atoms with E-state index in [4.69, 9.17) is 9.15 Å². The van der Waals surface area contributed by atoms with Gasteiger partial charge in [0.1, 0.15) is 18.6 Å². The van der Waals surface area contributed by atoms with Crippen molar-refractivity contribution in [2.45, 2.75) is 39.3 Å². The van der Waals surface area contributed by atoms with E-state index < -0.39 is 5.97 Å². The van der Waals surface area contributed by atoms with Crippen molar-refractivity contribution in [2.24, 2.45) is 0 Å². The first-order valence-electron chi connectivity index (χ1n) is 10.3. The number of benzene rings is 2. The average Bonchev–Trinajstić information content (AvgIpc) is 3.29. The molecule has 0 aliphatic heterocycles. The number of rotatable bonds is 8. The van der Waals surface area contributed by atoms with Gasteiger partial charge in [-0.15, -0.1) is 0 Å². The molecule has 4 rings (SSSR count). The second kappa shape index (κ2) is 9.38. The first-order chi connectivity index (χ1) is 15.2. The molecule has 0 bridgehead atoms. The largest absolute Gasteiger partial charge is 0.454 e. The van der Waals surface area contributed by atoms with Crippen molar-refractivity contribution in [3.63, 3.8) is 0 Å². The quantitative estimate of drug-likeness (QED) is 0.308. The molecule has 0 aliphatic carbocycles. The molecule has 0 saturated carbocycles. The second-order valence-corrected chi connectivity index (χ2v) is 7.22. The van der Waals surface area contributed by atoms with E-state index >= 15 is 0 Å². The van der Waals surface area contributed by atoms with Gasteiger partial charge >= 0.3 is 5.97 Å². The summed E-state index contributed by atoms with van der Waals surface area (Å²) in [5.74, 6) is -0.149. The lowest BCUT2D eigenvalue weighted by molar-refractivity contribution is 0.0460. The summed E-state index contributed by atoms with van der Waals surface area (Å²) in [7, 11) is 0. The zero-order valence-corrected chi connectivity index (χ0v) is 17.3. The SMILES string of the molecule is CCCCCn1nc(C(=O)OCc2coc(-c3ccccc3)n2)c2ccccc2c1=O. The normalized spacial score (nSPS) is 11.0. The molecule has 2 aromatic heterocycles. The zero-order valence-electron chi connectivity index (χ0n) is 17.3. The van der Waals surface area contributed by atoms with E-state index in [1.807, 2.05) is 30.3 Å². The van der Waals surface area contributed by atoms with E-state index in [0.29, 0.717) is 28.9 Å². The minimum absolute atomic E-state index is 0.0554. The minimum atomic E-state index is -0.607.